The van der Waals surface area contributed by atoms with Gasteiger partial charge in [0, 0.05) is 35.8 Å². The number of halogens is 1. The highest BCUT2D eigenvalue weighted by Gasteiger charge is 2.75. The Kier molecular flexibility index (Phi) is 6.83. The molecule has 3 N–H and O–H groups in total. The minimum absolute atomic E-state index is 0.0332. The summed E-state index contributed by atoms with van der Waals surface area (Å²) in [5, 5.41) is 15.3. The van der Waals surface area contributed by atoms with Crippen LogP contribution in [-0.2, 0) is 14.4 Å². The fourth-order valence-electron chi connectivity index (χ4n) is 6.15. The van der Waals surface area contributed by atoms with Crippen LogP contribution >= 0.6 is 27.7 Å². The van der Waals surface area contributed by atoms with E-state index < -0.39 is 28.2 Å². The molecule has 0 aromatic rings. The topological polar surface area (TPSA) is 98.7 Å². The van der Waals surface area contributed by atoms with Gasteiger partial charge in [-0.3, -0.25) is 14.4 Å². The Labute approximate surface area is 198 Å². The van der Waals surface area contributed by atoms with Gasteiger partial charge in [-0.15, -0.1) is 11.8 Å². The highest BCUT2D eigenvalue weighted by Crippen LogP contribution is 2.67. The molecule has 1 spiro atoms. The predicted octanol–water partition coefficient (Wildman–Crippen LogP) is 1.91. The molecule has 2 bridgehead atoms. The molecule has 0 aliphatic carbocycles. The van der Waals surface area contributed by atoms with Crippen LogP contribution in [0, 0.1) is 17.3 Å². The zero-order valence-electron chi connectivity index (χ0n) is 19.3. The predicted molar refractivity (Wildman–Crippen MR) is 126 cm³/mol. The number of likely N-dealkylation sites (tertiary alicyclic amines) is 1. The molecule has 3 saturated heterocycles. The number of fused-ring (bicyclic) bond motifs is 1. The SMILES string of the molecule is CNC(=O)[C@H]1[C@@H]2SC3(CC2Br)C(C(=O)NC(C)(C)CC(C)(C)C)N(CCCO)C(=O)[C@H]13. The fraction of sp³-hybridized carbons (Fsp3) is 0.864. The summed E-state index contributed by atoms with van der Waals surface area (Å²) in [5.74, 6) is -1.41. The van der Waals surface area contributed by atoms with Crippen LogP contribution < -0.4 is 10.6 Å². The number of carbonyl (C=O) groups is 3. The number of amides is 3. The van der Waals surface area contributed by atoms with E-state index in [2.05, 4.69) is 47.3 Å². The van der Waals surface area contributed by atoms with Crippen LogP contribution in [0.2, 0.25) is 0 Å². The summed E-state index contributed by atoms with van der Waals surface area (Å²) >= 11 is 5.36. The Bertz CT molecular complexity index is 756. The summed E-state index contributed by atoms with van der Waals surface area (Å²) in [7, 11) is 1.59. The number of thioether (sulfide) groups is 1. The zero-order chi connectivity index (χ0) is 23.4. The van der Waals surface area contributed by atoms with Gasteiger partial charge in [-0.25, -0.2) is 0 Å². The van der Waals surface area contributed by atoms with Crippen molar-refractivity contribution < 1.29 is 19.5 Å². The van der Waals surface area contributed by atoms with Gasteiger partial charge in [-0.1, -0.05) is 36.7 Å². The summed E-state index contributed by atoms with van der Waals surface area (Å²) < 4.78 is -0.634. The minimum Gasteiger partial charge on any atom is -0.396 e. The first kappa shape index (κ1) is 24.8. The molecule has 9 heteroatoms. The number of hydrogen-bond donors (Lipinski definition) is 3. The molecule has 0 saturated carbocycles. The summed E-state index contributed by atoms with van der Waals surface area (Å²) in [5.41, 5.74) is -0.406. The number of nitrogens with one attached hydrogen (secondary N) is 2. The molecule has 3 heterocycles. The van der Waals surface area contributed by atoms with Crippen molar-refractivity contribution in [2.24, 2.45) is 17.3 Å². The van der Waals surface area contributed by atoms with E-state index in [-0.39, 0.29) is 39.8 Å². The quantitative estimate of drug-likeness (QED) is 0.448. The Balaban J connectivity index is 1.97. The fourth-order valence-corrected chi connectivity index (χ4v) is 9.76. The smallest absolute Gasteiger partial charge is 0.244 e. The van der Waals surface area contributed by atoms with Crippen molar-refractivity contribution in [2.75, 3.05) is 20.2 Å². The lowest BCUT2D eigenvalue weighted by molar-refractivity contribution is -0.140. The van der Waals surface area contributed by atoms with Crippen molar-refractivity contribution in [1.82, 2.24) is 15.5 Å². The maximum atomic E-state index is 13.7. The van der Waals surface area contributed by atoms with Crippen molar-refractivity contribution in [3.63, 3.8) is 0 Å². The Morgan fingerprint density at radius 2 is 1.90 bits per heavy atom. The summed E-state index contributed by atoms with van der Waals surface area (Å²) in [6.45, 7) is 10.7. The average Bonchev–Trinajstić information content (AvgIpc) is 3.20. The van der Waals surface area contributed by atoms with Gasteiger partial charge in [0.1, 0.15) is 6.04 Å². The molecule has 3 aliphatic rings. The monoisotopic (exact) mass is 517 g/mol. The van der Waals surface area contributed by atoms with Gasteiger partial charge >= 0.3 is 0 Å². The van der Waals surface area contributed by atoms with E-state index >= 15 is 0 Å². The molecule has 176 valence electrons. The third-order valence-electron chi connectivity index (χ3n) is 6.58. The van der Waals surface area contributed by atoms with Crippen LogP contribution in [0.5, 0.6) is 0 Å². The standard InChI is InChI=1S/C22H36BrN3O4S/c1-20(2,3)11-21(4,5)25-18(29)16-22-10-12(23)15(31-22)13(17(28)24-6)14(22)19(30)26(16)8-7-9-27/h12-16,27H,7-11H2,1-6H3,(H,24,28)(H,25,29)/t12?,13-,14+,15-,16?,22?/m1/s1. The second-order valence-corrected chi connectivity index (χ2v) is 13.7. The summed E-state index contributed by atoms with van der Waals surface area (Å²) in [6, 6.07) is -0.652. The van der Waals surface area contributed by atoms with Crippen molar-refractivity contribution in [3.8, 4) is 0 Å². The number of aliphatic hydroxyl groups is 1. The van der Waals surface area contributed by atoms with Crippen molar-refractivity contribution >= 4 is 45.4 Å². The molecule has 3 unspecified atom stereocenters. The molecule has 3 aliphatic heterocycles. The van der Waals surface area contributed by atoms with E-state index in [1.54, 1.807) is 23.7 Å². The van der Waals surface area contributed by atoms with Crippen molar-refractivity contribution in [1.29, 1.82) is 0 Å². The van der Waals surface area contributed by atoms with Gasteiger partial charge in [0.2, 0.25) is 17.7 Å². The van der Waals surface area contributed by atoms with E-state index in [0.29, 0.717) is 19.4 Å². The van der Waals surface area contributed by atoms with Crippen LogP contribution in [0.15, 0.2) is 0 Å². The third-order valence-corrected chi connectivity index (χ3v) is 9.80. The lowest BCUT2D eigenvalue weighted by atomic mass is 9.70. The highest BCUT2D eigenvalue weighted by molar-refractivity contribution is 9.09. The van der Waals surface area contributed by atoms with Gasteiger partial charge in [-0.2, -0.15) is 0 Å². The number of aliphatic hydroxyl groups excluding tert-OH is 1. The lowest BCUT2D eigenvalue weighted by Crippen LogP contribution is -2.58. The van der Waals surface area contributed by atoms with Crippen molar-refractivity contribution in [3.05, 3.63) is 0 Å². The van der Waals surface area contributed by atoms with Crippen LogP contribution in [0.4, 0.5) is 0 Å². The lowest BCUT2D eigenvalue weighted by Gasteiger charge is -2.39. The van der Waals surface area contributed by atoms with E-state index in [4.69, 9.17) is 0 Å². The van der Waals surface area contributed by atoms with Crippen LogP contribution in [0.25, 0.3) is 0 Å². The van der Waals surface area contributed by atoms with E-state index in [1.807, 2.05) is 13.8 Å². The normalized spacial score (nSPS) is 34.8. The molecular weight excluding hydrogens is 482 g/mol. The molecule has 0 aromatic heterocycles. The first-order valence-corrected chi connectivity index (χ1v) is 12.8. The Morgan fingerprint density at radius 1 is 1.26 bits per heavy atom. The number of alkyl halides is 1. The number of nitrogens with zero attached hydrogens (tertiary/aromatic N) is 1. The second-order valence-electron chi connectivity index (χ2n) is 11.0. The van der Waals surface area contributed by atoms with Gasteiger partial charge in [-0.05, 0) is 38.5 Å². The third kappa shape index (κ3) is 4.38. The molecular formula is C22H36BrN3O4S. The molecule has 3 amide bonds. The maximum absolute atomic E-state index is 13.7. The Morgan fingerprint density at radius 3 is 2.45 bits per heavy atom. The number of hydrogen-bond acceptors (Lipinski definition) is 5. The van der Waals surface area contributed by atoms with Crippen molar-refractivity contribution in [2.45, 2.75) is 80.3 Å². The molecule has 31 heavy (non-hydrogen) atoms. The van der Waals surface area contributed by atoms with Gasteiger partial charge in [0.05, 0.1) is 16.6 Å². The first-order valence-electron chi connectivity index (χ1n) is 11.0. The van der Waals surface area contributed by atoms with E-state index in [9.17, 15) is 19.5 Å². The van der Waals surface area contributed by atoms with E-state index in [1.165, 1.54) is 0 Å². The zero-order valence-corrected chi connectivity index (χ0v) is 21.7. The van der Waals surface area contributed by atoms with Crippen LogP contribution in [0.3, 0.4) is 0 Å². The average molecular weight is 519 g/mol. The summed E-state index contributed by atoms with van der Waals surface area (Å²) in [6.07, 6.45) is 1.86. The molecule has 0 radical (unpaired) electrons. The van der Waals surface area contributed by atoms with Crippen LogP contribution in [-0.4, -0.2) is 74.3 Å². The van der Waals surface area contributed by atoms with Gasteiger partial charge in [0.25, 0.3) is 0 Å². The van der Waals surface area contributed by atoms with Crippen LogP contribution in [0.1, 0.15) is 53.9 Å². The number of rotatable bonds is 7. The molecule has 3 rings (SSSR count). The highest BCUT2D eigenvalue weighted by atomic mass is 79.9. The number of carbonyl (C=O) groups excluding carboxylic acids is 3. The van der Waals surface area contributed by atoms with Gasteiger partial charge < -0.3 is 20.6 Å². The second kappa shape index (κ2) is 8.52. The molecule has 0 aromatic carbocycles. The molecule has 6 atom stereocenters. The molecule has 3 fully saturated rings. The van der Waals surface area contributed by atoms with E-state index in [0.717, 1.165) is 6.42 Å². The largest absolute Gasteiger partial charge is 0.396 e. The molecule has 7 nitrogen and oxygen atoms in total. The first-order chi connectivity index (χ1) is 14.3. The minimum atomic E-state index is -0.652. The summed E-state index contributed by atoms with van der Waals surface area (Å²) in [4.78, 5) is 41.8. The maximum Gasteiger partial charge on any atom is 0.244 e. The Hall–Kier alpha value is -0.800. The van der Waals surface area contributed by atoms with Gasteiger partial charge in [0.15, 0.2) is 0 Å².